The lowest BCUT2D eigenvalue weighted by atomic mass is 9.70. The minimum absolute atomic E-state index is 0.403. The van der Waals surface area contributed by atoms with Crippen LogP contribution in [0.3, 0.4) is 0 Å². The van der Waals surface area contributed by atoms with E-state index in [9.17, 15) is 0 Å². The van der Waals surface area contributed by atoms with Crippen LogP contribution in [0.2, 0.25) is 10.0 Å². The van der Waals surface area contributed by atoms with Gasteiger partial charge in [0.2, 0.25) is 0 Å². The predicted octanol–water partition coefficient (Wildman–Crippen LogP) is 9.00. The van der Waals surface area contributed by atoms with Gasteiger partial charge in [-0.15, -0.1) is 0 Å². The highest BCUT2D eigenvalue weighted by Crippen LogP contribution is 2.64. The smallest absolute Gasteiger partial charge is 0.0726 e. The van der Waals surface area contributed by atoms with Crippen molar-refractivity contribution in [3.8, 4) is 33.4 Å². The lowest BCUT2D eigenvalue weighted by molar-refractivity contribution is 0.794. The molecule has 5 aromatic carbocycles. The molecule has 2 aliphatic rings. The van der Waals surface area contributed by atoms with Gasteiger partial charge < -0.3 is 0 Å². The molecule has 33 heavy (non-hydrogen) atoms. The van der Waals surface area contributed by atoms with E-state index in [4.69, 9.17) is 23.2 Å². The summed E-state index contributed by atoms with van der Waals surface area (Å²) in [6, 6.07) is 38.6. The van der Waals surface area contributed by atoms with Crippen LogP contribution in [0, 0.1) is 0 Å². The van der Waals surface area contributed by atoms with E-state index in [0.717, 1.165) is 21.2 Å². The van der Waals surface area contributed by atoms with E-state index in [0.29, 0.717) is 0 Å². The van der Waals surface area contributed by atoms with Crippen LogP contribution in [0.4, 0.5) is 0 Å². The second-order valence-corrected chi connectivity index (χ2v) is 9.58. The maximum absolute atomic E-state index is 6.70. The minimum Gasteiger partial charge on any atom is -0.0843 e. The van der Waals surface area contributed by atoms with Crippen molar-refractivity contribution >= 4 is 23.2 Å². The molecule has 0 nitrogen and oxygen atoms in total. The monoisotopic (exact) mass is 460 g/mol. The Labute approximate surface area is 203 Å². The molecule has 0 aliphatic heterocycles. The van der Waals surface area contributed by atoms with Crippen LogP contribution in [-0.4, -0.2) is 0 Å². The van der Waals surface area contributed by atoms with Gasteiger partial charge in [0, 0.05) is 15.6 Å². The summed E-state index contributed by atoms with van der Waals surface area (Å²) in [5.74, 6) is 0. The molecule has 0 N–H and O–H groups in total. The van der Waals surface area contributed by atoms with E-state index < -0.39 is 5.41 Å². The zero-order chi connectivity index (χ0) is 22.2. The van der Waals surface area contributed by atoms with E-state index in [1.807, 2.05) is 24.3 Å². The number of hydrogen-bond acceptors (Lipinski definition) is 0. The second-order valence-electron chi connectivity index (χ2n) is 8.74. The second kappa shape index (κ2) is 6.84. The molecule has 0 fully saturated rings. The number of halogens is 2. The van der Waals surface area contributed by atoms with Crippen molar-refractivity contribution in [3.05, 3.63) is 141 Å². The molecule has 0 unspecified atom stereocenters. The van der Waals surface area contributed by atoms with E-state index in [1.165, 1.54) is 44.5 Å². The molecule has 0 saturated heterocycles. The van der Waals surface area contributed by atoms with Crippen LogP contribution in [-0.2, 0) is 5.41 Å². The summed E-state index contributed by atoms with van der Waals surface area (Å²) in [5, 5.41) is 1.51. The van der Waals surface area contributed by atoms with Crippen LogP contribution >= 0.6 is 23.2 Å². The van der Waals surface area contributed by atoms with E-state index in [2.05, 4.69) is 84.9 Å². The SMILES string of the molecule is Clc1ccc2c(c1)C1(c3ccccc3-c3ccccc31)c1cccc(-c3ccccc3Cl)c1-2. The standard InChI is InChI=1S/C31H18Cl2/c32-19-16-17-24-28(18-19)31(25-12-4-1-8-20(25)21-9-2-5-13-26(21)31)27-14-7-11-23(30(24)27)22-10-3-6-15-29(22)33/h1-18H. The number of rotatable bonds is 1. The predicted molar refractivity (Wildman–Crippen MR) is 138 cm³/mol. The van der Waals surface area contributed by atoms with Crippen molar-refractivity contribution in [1.29, 1.82) is 0 Å². The Hall–Kier alpha value is -3.32. The van der Waals surface area contributed by atoms with Gasteiger partial charge in [0.05, 0.1) is 5.41 Å². The number of fused-ring (bicyclic) bond motifs is 10. The molecule has 0 heterocycles. The van der Waals surface area contributed by atoms with Crippen LogP contribution in [0.15, 0.2) is 109 Å². The average Bonchev–Trinajstić information content (AvgIpc) is 3.31. The Morgan fingerprint density at radius 3 is 1.70 bits per heavy atom. The average molecular weight is 461 g/mol. The lowest BCUT2D eigenvalue weighted by Crippen LogP contribution is -2.25. The summed E-state index contributed by atoms with van der Waals surface area (Å²) >= 11 is 13.3. The highest BCUT2D eigenvalue weighted by atomic mass is 35.5. The fourth-order valence-electron chi connectivity index (χ4n) is 6.06. The van der Waals surface area contributed by atoms with Crippen LogP contribution in [0.5, 0.6) is 0 Å². The maximum Gasteiger partial charge on any atom is 0.0726 e. The molecule has 1 spiro atoms. The molecule has 0 saturated carbocycles. The summed E-state index contributed by atoms with van der Waals surface area (Å²) in [7, 11) is 0. The topological polar surface area (TPSA) is 0 Å². The van der Waals surface area contributed by atoms with Gasteiger partial charge >= 0.3 is 0 Å². The van der Waals surface area contributed by atoms with Gasteiger partial charge in [0.25, 0.3) is 0 Å². The third kappa shape index (κ3) is 2.38. The van der Waals surface area contributed by atoms with Gasteiger partial charge in [-0.05, 0) is 68.3 Å². The van der Waals surface area contributed by atoms with Gasteiger partial charge in [-0.3, -0.25) is 0 Å². The maximum atomic E-state index is 6.70. The first kappa shape index (κ1) is 19.2. The summed E-state index contributed by atoms with van der Waals surface area (Å²) in [5.41, 5.74) is 12.0. The van der Waals surface area contributed by atoms with Crippen LogP contribution < -0.4 is 0 Å². The highest BCUT2D eigenvalue weighted by Gasteiger charge is 2.52. The first-order valence-corrected chi connectivity index (χ1v) is 11.8. The Morgan fingerprint density at radius 2 is 1.00 bits per heavy atom. The largest absolute Gasteiger partial charge is 0.0843 e. The molecule has 0 atom stereocenters. The van der Waals surface area contributed by atoms with Gasteiger partial charge in [0.1, 0.15) is 0 Å². The van der Waals surface area contributed by atoms with Crippen LogP contribution in [0.25, 0.3) is 33.4 Å². The first-order chi connectivity index (χ1) is 16.2. The fraction of sp³-hybridized carbons (Fsp3) is 0.0323. The van der Waals surface area contributed by atoms with Gasteiger partial charge in [0.15, 0.2) is 0 Å². The third-order valence-corrected chi connectivity index (χ3v) is 7.80. The fourth-order valence-corrected chi connectivity index (χ4v) is 6.47. The first-order valence-electron chi connectivity index (χ1n) is 11.1. The molecule has 0 radical (unpaired) electrons. The Balaban J connectivity index is 1.69. The van der Waals surface area contributed by atoms with Gasteiger partial charge in [-0.25, -0.2) is 0 Å². The van der Waals surface area contributed by atoms with Crippen molar-refractivity contribution in [2.24, 2.45) is 0 Å². The van der Waals surface area contributed by atoms with E-state index >= 15 is 0 Å². The third-order valence-electron chi connectivity index (χ3n) is 7.24. The molecule has 2 aliphatic carbocycles. The number of hydrogen-bond donors (Lipinski definition) is 0. The molecule has 156 valence electrons. The zero-order valence-corrected chi connectivity index (χ0v) is 19.2. The van der Waals surface area contributed by atoms with Crippen molar-refractivity contribution in [1.82, 2.24) is 0 Å². The molecule has 7 rings (SSSR count). The van der Waals surface area contributed by atoms with E-state index in [-0.39, 0.29) is 0 Å². The Bertz CT molecular complexity index is 1550. The molecule has 5 aromatic rings. The highest BCUT2D eigenvalue weighted by molar-refractivity contribution is 6.33. The lowest BCUT2D eigenvalue weighted by Gasteiger charge is -2.30. The molecule has 0 bridgehead atoms. The van der Waals surface area contributed by atoms with E-state index in [1.54, 1.807) is 0 Å². The molecular formula is C31H18Cl2. The zero-order valence-electron chi connectivity index (χ0n) is 17.6. The van der Waals surface area contributed by atoms with Crippen LogP contribution in [0.1, 0.15) is 22.3 Å². The number of benzene rings is 5. The Morgan fingerprint density at radius 1 is 0.424 bits per heavy atom. The Kier molecular flexibility index (Phi) is 3.97. The molecule has 0 amide bonds. The van der Waals surface area contributed by atoms with Gasteiger partial charge in [-0.2, -0.15) is 0 Å². The quantitative estimate of drug-likeness (QED) is 0.229. The summed E-state index contributed by atoms with van der Waals surface area (Å²) in [6.07, 6.45) is 0. The van der Waals surface area contributed by atoms with Crippen molar-refractivity contribution in [3.63, 3.8) is 0 Å². The summed E-state index contributed by atoms with van der Waals surface area (Å²) in [6.45, 7) is 0. The summed E-state index contributed by atoms with van der Waals surface area (Å²) < 4.78 is 0. The van der Waals surface area contributed by atoms with Gasteiger partial charge in [-0.1, -0.05) is 114 Å². The summed E-state index contributed by atoms with van der Waals surface area (Å²) in [4.78, 5) is 0. The molecule has 2 heteroatoms. The van der Waals surface area contributed by atoms with Crippen molar-refractivity contribution in [2.45, 2.75) is 5.41 Å². The normalized spacial score (nSPS) is 14.0. The van der Waals surface area contributed by atoms with Crippen molar-refractivity contribution in [2.75, 3.05) is 0 Å². The molecule has 0 aromatic heterocycles. The van der Waals surface area contributed by atoms with Crippen molar-refractivity contribution < 1.29 is 0 Å². The minimum atomic E-state index is -0.403. The molecular weight excluding hydrogens is 443 g/mol.